The Morgan fingerprint density at radius 2 is 1.95 bits per heavy atom. The molecule has 0 aromatic rings. The van der Waals surface area contributed by atoms with Gasteiger partial charge in [0.1, 0.15) is 0 Å². The van der Waals surface area contributed by atoms with E-state index in [1.54, 1.807) is 6.92 Å². The lowest BCUT2D eigenvalue weighted by molar-refractivity contribution is -0.142. The van der Waals surface area contributed by atoms with E-state index in [2.05, 4.69) is 0 Å². The summed E-state index contributed by atoms with van der Waals surface area (Å²) in [6.45, 7) is 3.41. The zero-order valence-corrected chi connectivity index (χ0v) is 12.2. The maximum atomic E-state index is 12.6. The van der Waals surface area contributed by atoms with E-state index in [-0.39, 0.29) is 19.8 Å². The summed E-state index contributed by atoms with van der Waals surface area (Å²) in [7, 11) is -3.68. The molecule has 9 heteroatoms. The Morgan fingerprint density at radius 1 is 1.30 bits per heavy atom. The molecular weight excluding hydrogens is 288 g/mol. The first-order chi connectivity index (χ1) is 9.48. The second-order valence-corrected chi connectivity index (χ2v) is 6.65. The topological polar surface area (TPSA) is 96.4 Å². The Balaban J connectivity index is 2.19. The number of aliphatic carboxylic acids is 1. The van der Waals surface area contributed by atoms with E-state index in [9.17, 15) is 13.2 Å². The third-order valence-corrected chi connectivity index (χ3v) is 5.78. The van der Waals surface area contributed by atoms with Crippen molar-refractivity contribution in [3.8, 4) is 0 Å². The minimum absolute atomic E-state index is 0.0507. The number of carboxylic acid groups (broad SMARTS) is 1. The van der Waals surface area contributed by atoms with Gasteiger partial charge in [-0.2, -0.15) is 17.0 Å². The lowest BCUT2D eigenvalue weighted by Gasteiger charge is -2.35. The first kappa shape index (κ1) is 15.6. The summed E-state index contributed by atoms with van der Waals surface area (Å²) in [5.41, 5.74) is 0. The van der Waals surface area contributed by atoms with Gasteiger partial charge >= 0.3 is 5.97 Å². The van der Waals surface area contributed by atoms with Crippen molar-refractivity contribution in [3.63, 3.8) is 0 Å². The first-order valence-corrected chi connectivity index (χ1v) is 8.03. The second-order valence-electron chi connectivity index (χ2n) is 4.77. The first-order valence-electron chi connectivity index (χ1n) is 6.63. The van der Waals surface area contributed by atoms with Crippen molar-refractivity contribution in [2.75, 3.05) is 46.1 Å². The standard InChI is InChI=1S/C11H20N2O6S/c1-2-13(10-8-19-7-9(10)11(14)15)20(16,17)12-3-5-18-6-4-12/h9-10H,2-8H2,1H3,(H,14,15). The number of carboxylic acids is 1. The molecule has 2 saturated heterocycles. The Morgan fingerprint density at radius 3 is 2.50 bits per heavy atom. The van der Waals surface area contributed by atoms with Gasteiger partial charge in [-0.15, -0.1) is 0 Å². The van der Waals surface area contributed by atoms with E-state index in [1.807, 2.05) is 0 Å². The predicted molar refractivity (Wildman–Crippen MR) is 69.4 cm³/mol. The monoisotopic (exact) mass is 308 g/mol. The Kier molecular flexibility index (Phi) is 4.97. The number of hydrogen-bond acceptors (Lipinski definition) is 5. The van der Waals surface area contributed by atoms with Crippen LogP contribution in [0.15, 0.2) is 0 Å². The molecule has 1 N–H and O–H groups in total. The average Bonchev–Trinajstić information content (AvgIpc) is 2.89. The molecule has 0 aromatic heterocycles. The summed E-state index contributed by atoms with van der Waals surface area (Å²) in [4.78, 5) is 11.2. The second kappa shape index (κ2) is 6.35. The molecule has 0 aromatic carbocycles. The fourth-order valence-corrected chi connectivity index (χ4v) is 4.34. The van der Waals surface area contributed by atoms with E-state index in [0.717, 1.165) is 0 Å². The van der Waals surface area contributed by atoms with Crippen LogP contribution in [0.5, 0.6) is 0 Å². The summed E-state index contributed by atoms with van der Waals surface area (Å²) < 4.78 is 38.1. The van der Waals surface area contributed by atoms with Gasteiger partial charge in [-0.3, -0.25) is 4.79 Å². The van der Waals surface area contributed by atoms with Gasteiger partial charge < -0.3 is 14.6 Å². The van der Waals surface area contributed by atoms with Crippen molar-refractivity contribution in [1.82, 2.24) is 8.61 Å². The number of hydrogen-bond donors (Lipinski definition) is 1. The summed E-state index contributed by atoms with van der Waals surface area (Å²) >= 11 is 0. The minimum atomic E-state index is -3.68. The van der Waals surface area contributed by atoms with Gasteiger partial charge in [0.2, 0.25) is 0 Å². The highest BCUT2D eigenvalue weighted by molar-refractivity contribution is 7.86. The molecule has 20 heavy (non-hydrogen) atoms. The molecule has 2 heterocycles. The fourth-order valence-electron chi connectivity index (χ4n) is 2.56. The number of morpholine rings is 1. The Bertz CT molecular complexity index is 448. The summed E-state index contributed by atoms with van der Waals surface area (Å²) in [5.74, 6) is -1.84. The maximum Gasteiger partial charge on any atom is 0.310 e. The van der Waals surface area contributed by atoms with Crippen molar-refractivity contribution >= 4 is 16.2 Å². The van der Waals surface area contributed by atoms with Crippen LogP contribution in [-0.2, 0) is 24.5 Å². The number of likely N-dealkylation sites (N-methyl/N-ethyl adjacent to an activating group) is 1. The number of nitrogens with zero attached hydrogens (tertiary/aromatic N) is 2. The lowest BCUT2D eigenvalue weighted by atomic mass is 10.0. The summed E-state index contributed by atoms with van der Waals surface area (Å²) in [6.07, 6.45) is 0. The fraction of sp³-hybridized carbons (Fsp3) is 0.909. The smallest absolute Gasteiger partial charge is 0.310 e. The van der Waals surface area contributed by atoms with Crippen molar-refractivity contribution in [2.24, 2.45) is 5.92 Å². The highest BCUT2D eigenvalue weighted by Crippen LogP contribution is 2.24. The molecule has 0 saturated carbocycles. The molecule has 116 valence electrons. The Hall–Kier alpha value is -0.740. The molecule has 0 bridgehead atoms. The zero-order valence-electron chi connectivity index (χ0n) is 11.4. The Labute approximate surface area is 118 Å². The normalized spacial score (nSPS) is 28.9. The molecule has 2 fully saturated rings. The molecule has 0 radical (unpaired) electrons. The van der Waals surface area contributed by atoms with Gasteiger partial charge in [0.05, 0.1) is 38.4 Å². The number of rotatable bonds is 5. The van der Waals surface area contributed by atoms with Gasteiger partial charge in [0, 0.05) is 19.6 Å². The third kappa shape index (κ3) is 2.96. The van der Waals surface area contributed by atoms with Crippen molar-refractivity contribution in [3.05, 3.63) is 0 Å². The zero-order chi connectivity index (χ0) is 14.8. The molecule has 0 aliphatic carbocycles. The van der Waals surface area contributed by atoms with Crippen LogP contribution in [0.4, 0.5) is 0 Å². The van der Waals surface area contributed by atoms with E-state index < -0.39 is 28.1 Å². The van der Waals surface area contributed by atoms with Crippen LogP contribution in [0, 0.1) is 5.92 Å². The van der Waals surface area contributed by atoms with Crippen molar-refractivity contribution in [1.29, 1.82) is 0 Å². The van der Waals surface area contributed by atoms with Gasteiger partial charge in [-0.1, -0.05) is 6.92 Å². The van der Waals surface area contributed by atoms with E-state index >= 15 is 0 Å². The predicted octanol–water partition coefficient (Wildman–Crippen LogP) is -1.02. The van der Waals surface area contributed by atoms with Crippen LogP contribution in [0.3, 0.4) is 0 Å². The molecule has 0 amide bonds. The number of ether oxygens (including phenoxy) is 2. The van der Waals surface area contributed by atoms with Crippen LogP contribution in [-0.4, -0.2) is 80.2 Å². The highest BCUT2D eigenvalue weighted by atomic mass is 32.2. The van der Waals surface area contributed by atoms with Crippen molar-refractivity contribution < 1.29 is 27.8 Å². The molecule has 2 rings (SSSR count). The SMILES string of the molecule is CCN(C1COCC1C(=O)O)S(=O)(=O)N1CCOCC1. The summed E-state index contributed by atoms with van der Waals surface area (Å²) in [6, 6.07) is -0.648. The van der Waals surface area contributed by atoms with E-state index in [1.165, 1.54) is 8.61 Å². The molecule has 2 atom stereocenters. The molecule has 2 aliphatic heterocycles. The maximum absolute atomic E-state index is 12.6. The third-order valence-electron chi connectivity index (χ3n) is 3.64. The van der Waals surface area contributed by atoms with Gasteiger partial charge in [0.15, 0.2) is 0 Å². The molecule has 8 nitrogen and oxygen atoms in total. The van der Waals surface area contributed by atoms with Gasteiger partial charge in [-0.05, 0) is 0 Å². The quantitative estimate of drug-likeness (QED) is 0.699. The van der Waals surface area contributed by atoms with Gasteiger partial charge in [0.25, 0.3) is 10.2 Å². The molecular formula is C11H20N2O6S. The van der Waals surface area contributed by atoms with Crippen LogP contribution in [0.25, 0.3) is 0 Å². The molecule has 2 unspecified atom stereocenters. The summed E-state index contributed by atoms with van der Waals surface area (Å²) in [5, 5.41) is 9.17. The van der Waals surface area contributed by atoms with Gasteiger partial charge in [-0.25, -0.2) is 0 Å². The van der Waals surface area contributed by atoms with Crippen LogP contribution in [0.2, 0.25) is 0 Å². The lowest BCUT2D eigenvalue weighted by Crippen LogP contribution is -2.54. The van der Waals surface area contributed by atoms with Crippen LogP contribution in [0.1, 0.15) is 6.92 Å². The van der Waals surface area contributed by atoms with E-state index in [4.69, 9.17) is 14.6 Å². The molecule has 2 aliphatic rings. The van der Waals surface area contributed by atoms with Crippen molar-refractivity contribution in [2.45, 2.75) is 13.0 Å². The van der Waals surface area contributed by atoms with Crippen LogP contribution >= 0.6 is 0 Å². The number of carbonyl (C=O) groups is 1. The largest absolute Gasteiger partial charge is 0.481 e. The molecule has 0 spiro atoms. The van der Waals surface area contributed by atoms with E-state index in [0.29, 0.717) is 26.3 Å². The highest BCUT2D eigenvalue weighted by Gasteiger charge is 2.44. The minimum Gasteiger partial charge on any atom is -0.481 e. The van der Waals surface area contributed by atoms with Crippen LogP contribution < -0.4 is 0 Å². The average molecular weight is 308 g/mol.